The molecule has 200 valence electrons. The second-order valence-corrected chi connectivity index (χ2v) is 11.5. The molecular formula is C27H31ClN6O3S. The van der Waals surface area contributed by atoms with Crippen molar-refractivity contribution in [3.63, 3.8) is 0 Å². The molecule has 2 aromatic heterocycles. The van der Waals surface area contributed by atoms with E-state index >= 15 is 0 Å². The van der Waals surface area contributed by atoms with Gasteiger partial charge in [0.2, 0.25) is 5.95 Å². The number of aromatic nitrogens is 3. The molecule has 1 saturated heterocycles. The van der Waals surface area contributed by atoms with Crippen molar-refractivity contribution in [1.82, 2.24) is 19.9 Å². The zero-order chi connectivity index (χ0) is 26.4. The maximum Gasteiger partial charge on any atom is 0.264 e. The fourth-order valence-electron chi connectivity index (χ4n) is 4.82. The van der Waals surface area contributed by atoms with Crippen LogP contribution < -0.4 is 10.0 Å². The lowest BCUT2D eigenvalue weighted by molar-refractivity contribution is 0.00790. The van der Waals surface area contributed by atoms with Gasteiger partial charge in [0.15, 0.2) is 0 Å². The lowest BCUT2D eigenvalue weighted by atomic mass is 9.90. The Bertz CT molecular complexity index is 1340. The largest absolute Gasteiger partial charge is 0.379 e. The molecule has 0 spiro atoms. The van der Waals surface area contributed by atoms with Crippen LogP contribution in [0.1, 0.15) is 36.8 Å². The molecule has 11 heteroatoms. The smallest absolute Gasteiger partial charge is 0.264 e. The number of hydrogen-bond acceptors (Lipinski definition) is 8. The number of morpholine rings is 1. The van der Waals surface area contributed by atoms with Crippen LogP contribution >= 0.6 is 11.6 Å². The van der Waals surface area contributed by atoms with E-state index in [1.54, 1.807) is 42.9 Å². The molecular weight excluding hydrogens is 524 g/mol. The van der Waals surface area contributed by atoms with Crippen LogP contribution in [0.3, 0.4) is 0 Å². The molecule has 1 aliphatic heterocycles. The van der Waals surface area contributed by atoms with Crippen LogP contribution in [0.5, 0.6) is 0 Å². The minimum absolute atomic E-state index is 0.00560. The summed E-state index contributed by atoms with van der Waals surface area (Å²) in [7, 11) is -3.83. The average Bonchev–Trinajstić information content (AvgIpc) is 2.94. The number of nitrogens with zero attached hydrogens (tertiary/aromatic N) is 4. The van der Waals surface area contributed by atoms with Gasteiger partial charge in [-0.1, -0.05) is 35.9 Å². The SMILES string of the molecule is O=S(=O)(Nc1ccc(/C=C/c2cnc(N[C@H]3CC[C@H](N4CCOCC4)CC3)nc2)cn1)c1ccccc1Cl. The molecule has 1 saturated carbocycles. The van der Waals surface area contributed by atoms with Gasteiger partial charge in [-0.15, -0.1) is 0 Å². The fraction of sp³-hybridized carbons (Fsp3) is 0.370. The standard InChI is InChI=1S/C27H31ClN6O3S/c28-24-3-1-2-4-25(24)38(35,36)33-26-12-7-20(17-29-26)5-6-21-18-30-27(31-19-21)32-22-8-10-23(11-9-22)34-13-15-37-16-14-34/h1-7,12,17-19,22-23H,8-11,13-16H2,(H,29,33)(H,30,31,32)/b6-5+/t22-,23-. The molecule has 1 aliphatic carbocycles. The maximum atomic E-state index is 12.6. The highest BCUT2D eigenvalue weighted by atomic mass is 35.5. The Morgan fingerprint density at radius 1 is 0.895 bits per heavy atom. The van der Waals surface area contributed by atoms with Gasteiger partial charge in [-0.3, -0.25) is 9.62 Å². The topological polar surface area (TPSA) is 109 Å². The van der Waals surface area contributed by atoms with Gasteiger partial charge in [0.05, 0.1) is 18.2 Å². The molecule has 0 unspecified atom stereocenters. The van der Waals surface area contributed by atoms with E-state index in [9.17, 15) is 8.42 Å². The molecule has 2 fully saturated rings. The van der Waals surface area contributed by atoms with Gasteiger partial charge >= 0.3 is 0 Å². The number of halogens is 1. The molecule has 0 atom stereocenters. The fourth-order valence-corrected chi connectivity index (χ4v) is 6.35. The van der Waals surface area contributed by atoms with Gasteiger partial charge in [-0.05, 0) is 55.5 Å². The first-order valence-electron chi connectivity index (χ1n) is 12.8. The van der Waals surface area contributed by atoms with Gasteiger partial charge in [-0.25, -0.2) is 23.4 Å². The zero-order valence-corrected chi connectivity index (χ0v) is 22.5. The van der Waals surface area contributed by atoms with Crippen molar-refractivity contribution in [2.24, 2.45) is 0 Å². The Morgan fingerprint density at radius 2 is 1.58 bits per heavy atom. The molecule has 0 amide bonds. The number of rotatable bonds is 8. The highest BCUT2D eigenvalue weighted by Crippen LogP contribution is 2.26. The van der Waals surface area contributed by atoms with Gasteiger partial charge < -0.3 is 10.1 Å². The number of anilines is 2. The lowest BCUT2D eigenvalue weighted by Crippen LogP contribution is -2.46. The highest BCUT2D eigenvalue weighted by Gasteiger charge is 2.27. The molecule has 38 heavy (non-hydrogen) atoms. The Morgan fingerprint density at radius 3 is 2.26 bits per heavy atom. The second kappa shape index (κ2) is 12.2. The van der Waals surface area contributed by atoms with Crippen molar-refractivity contribution in [2.75, 3.05) is 36.3 Å². The number of pyridine rings is 1. The summed E-state index contributed by atoms with van der Waals surface area (Å²) in [6.45, 7) is 3.79. The summed E-state index contributed by atoms with van der Waals surface area (Å²) in [5.41, 5.74) is 1.67. The minimum Gasteiger partial charge on any atom is -0.379 e. The van der Waals surface area contributed by atoms with Gasteiger partial charge in [0, 0.05) is 49.3 Å². The summed E-state index contributed by atoms with van der Waals surface area (Å²) in [6, 6.07) is 10.7. The molecule has 5 rings (SSSR count). The number of nitrogens with one attached hydrogen (secondary N) is 2. The van der Waals surface area contributed by atoms with Gasteiger partial charge in [0.25, 0.3) is 10.0 Å². The van der Waals surface area contributed by atoms with E-state index in [-0.39, 0.29) is 15.7 Å². The molecule has 2 aliphatic rings. The van der Waals surface area contributed by atoms with E-state index in [0.29, 0.717) is 18.0 Å². The third-order valence-corrected chi connectivity index (χ3v) is 8.74. The molecule has 3 heterocycles. The summed E-state index contributed by atoms with van der Waals surface area (Å²) < 4.78 is 33.1. The summed E-state index contributed by atoms with van der Waals surface area (Å²) in [4.78, 5) is 15.7. The predicted octanol–water partition coefficient (Wildman–Crippen LogP) is 4.55. The highest BCUT2D eigenvalue weighted by molar-refractivity contribution is 7.92. The average molecular weight is 555 g/mol. The third-order valence-electron chi connectivity index (χ3n) is 6.88. The Labute approximate surface area is 228 Å². The first-order valence-corrected chi connectivity index (χ1v) is 14.6. The Hall–Kier alpha value is -3.05. The van der Waals surface area contributed by atoms with E-state index in [2.05, 4.69) is 29.9 Å². The zero-order valence-electron chi connectivity index (χ0n) is 21.0. The lowest BCUT2D eigenvalue weighted by Gasteiger charge is -2.38. The summed E-state index contributed by atoms with van der Waals surface area (Å²) in [6.07, 6.45) is 13.5. The molecule has 1 aromatic carbocycles. The van der Waals surface area contributed by atoms with E-state index in [0.717, 1.165) is 50.3 Å². The number of ether oxygens (including phenoxy) is 1. The van der Waals surface area contributed by atoms with Crippen LogP contribution in [0.25, 0.3) is 12.2 Å². The number of benzene rings is 1. The summed E-state index contributed by atoms with van der Waals surface area (Å²) >= 11 is 6.02. The summed E-state index contributed by atoms with van der Waals surface area (Å²) in [5.74, 6) is 0.855. The van der Waals surface area contributed by atoms with Crippen molar-refractivity contribution < 1.29 is 13.2 Å². The van der Waals surface area contributed by atoms with Crippen LogP contribution in [0, 0.1) is 0 Å². The molecule has 3 aromatic rings. The number of sulfonamides is 1. The Balaban J connectivity index is 1.11. The van der Waals surface area contributed by atoms with Crippen LogP contribution in [-0.2, 0) is 14.8 Å². The molecule has 0 bridgehead atoms. The van der Waals surface area contributed by atoms with Gasteiger partial charge in [-0.2, -0.15) is 0 Å². The Kier molecular flexibility index (Phi) is 8.53. The van der Waals surface area contributed by atoms with Crippen LogP contribution in [0.4, 0.5) is 11.8 Å². The predicted molar refractivity (Wildman–Crippen MR) is 150 cm³/mol. The molecule has 2 N–H and O–H groups in total. The molecule has 9 nitrogen and oxygen atoms in total. The quantitative estimate of drug-likeness (QED) is 0.417. The van der Waals surface area contributed by atoms with E-state index in [1.807, 2.05) is 12.2 Å². The van der Waals surface area contributed by atoms with Crippen molar-refractivity contribution in [3.8, 4) is 0 Å². The summed E-state index contributed by atoms with van der Waals surface area (Å²) in [5, 5.41) is 3.63. The minimum atomic E-state index is -3.83. The van der Waals surface area contributed by atoms with E-state index < -0.39 is 10.0 Å². The van der Waals surface area contributed by atoms with Gasteiger partial charge in [0.1, 0.15) is 10.7 Å². The first kappa shape index (κ1) is 26.6. The van der Waals surface area contributed by atoms with E-state index in [1.165, 1.54) is 25.0 Å². The van der Waals surface area contributed by atoms with Crippen molar-refractivity contribution in [3.05, 3.63) is 71.1 Å². The van der Waals surface area contributed by atoms with E-state index in [4.69, 9.17) is 16.3 Å². The maximum absolute atomic E-state index is 12.6. The first-order chi connectivity index (χ1) is 18.5. The number of hydrogen-bond donors (Lipinski definition) is 2. The van der Waals surface area contributed by atoms with Crippen molar-refractivity contribution >= 4 is 45.5 Å². The van der Waals surface area contributed by atoms with Crippen molar-refractivity contribution in [1.29, 1.82) is 0 Å². The monoisotopic (exact) mass is 554 g/mol. The third kappa shape index (κ3) is 6.87. The van der Waals surface area contributed by atoms with Crippen LogP contribution in [-0.4, -0.2) is 66.7 Å². The normalized spacial score (nSPS) is 20.9. The second-order valence-electron chi connectivity index (χ2n) is 9.48. The molecule has 0 radical (unpaired) electrons. The van der Waals surface area contributed by atoms with Crippen LogP contribution in [0.15, 0.2) is 59.9 Å². The van der Waals surface area contributed by atoms with Crippen LogP contribution in [0.2, 0.25) is 5.02 Å². The van der Waals surface area contributed by atoms with Crippen molar-refractivity contribution in [2.45, 2.75) is 42.7 Å².